The second kappa shape index (κ2) is 4.83. The normalized spacial score (nSPS) is 11.1. The van der Waals surface area contributed by atoms with Gasteiger partial charge in [0.1, 0.15) is 10.6 Å². The SMILES string of the molecule is CSc1ccc(-c2nc(N)c3cc(C)sc3n2)cc1. The largest absolute Gasteiger partial charge is 0.383 e. The van der Waals surface area contributed by atoms with Gasteiger partial charge in [0.25, 0.3) is 0 Å². The second-order valence-corrected chi connectivity index (χ2v) is 6.35. The maximum atomic E-state index is 6.02. The van der Waals surface area contributed by atoms with Crippen molar-refractivity contribution in [2.24, 2.45) is 0 Å². The van der Waals surface area contributed by atoms with Gasteiger partial charge in [-0.1, -0.05) is 12.1 Å². The lowest BCUT2D eigenvalue weighted by molar-refractivity contribution is 1.24. The first-order chi connectivity index (χ1) is 9.17. The van der Waals surface area contributed by atoms with Gasteiger partial charge in [0, 0.05) is 15.3 Å². The maximum Gasteiger partial charge on any atom is 0.163 e. The van der Waals surface area contributed by atoms with Crippen LogP contribution in [0.15, 0.2) is 35.2 Å². The lowest BCUT2D eigenvalue weighted by Crippen LogP contribution is -1.95. The molecule has 3 rings (SSSR count). The van der Waals surface area contributed by atoms with Crippen LogP contribution in [0.3, 0.4) is 0 Å². The van der Waals surface area contributed by atoms with Gasteiger partial charge >= 0.3 is 0 Å². The zero-order chi connectivity index (χ0) is 13.4. The number of nitrogen functional groups attached to an aromatic ring is 1. The molecule has 0 saturated heterocycles. The molecule has 5 heteroatoms. The summed E-state index contributed by atoms with van der Waals surface area (Å²) >= 11 is 3.37. The Balaban J connectivity index is 2.13. The van der Waals surface area contributed by atoms with E-state index in [-0.39, 0.29) is 0 Å². The predicted octanol–water partition coefficient (Wildman–Crippen LogP) is 3.97. The van der Waals surface area contributed by atoms with Crippen molar-refractivity contribution in [3.8, 4) is 11.4 Å². The fourth-order valence-electron chi connectivity index (χ4n) is 1.93. The van der Waals surface area contributed by atoms with Gasteiger partial charge in [-0.2, -0.15) is 0 Å². The van der Waals surface area contributed by atoms with Crippen LogP contribution in [-0.2, 0) is 0 Å². The van der Waals surface area contributed by atoms with Crippen LogP contribution in [0.1, 0.15) is 4.88 Å². The molecule has 3 nitrogen and oxygen atoms in total. The van der Waals surface area contributed by atoms with Crippen LogP contribution < -0.4 is 5.73 Å². The standard InChI is InChI=1S/C14H13N3S2/c1-8-7-11-12(15)16-13(17-14(11)19-8)9-3-5-10(18-2)6-4-9/h3-7H,1-2H3,(H2,15,16,17). The van der Waals surface area contributed by atoms with E-state index in [0.29, 0.717) is 11.6 Å². The van der Waals surface area contributed by atoms with Crippen molar-refractivity contribution in [3.05, 3.63) is 35.2 Å². The minimum Gasteiger partial charge on any atom is -0.383 e. The zero-order valence-corrected chi connectivity index (χ0v) is 12.3. The molecule has 0 amide bonds. The molecule has 0 radical (unpaired) electrons. The molecule has 0 aliphatic heterocycles. The number of hydrogen-bond acceptors (Lipinski definition) is 5. The first-order valence-electron chi connectivity index (χ1n) is 5.85. The monoisotopic (exact) mass is 287 g/mol. The van der Waals surface area contributed by atoms with Gasteiger partial charge in [-0.15, -0.1) is 23.1 Å². The Morgan fingerprint density at radius 1 is 1.16 bits per heavy atom. The van der Waals surface area contributed by atoms with E-state index in [2.05, 4.69) is 35.3 Å². The summed E-state index contributed by atoms with van der Waals surface area (Å²) in [6.45, 7) is 2.05. The van der Waals surface area contributed by atoms with Crippen molar-refractivity contribution in [2.75, 3.05) is 12.0 Å². The molecule has 3 aromatic rings. The summed E-state index contributed by atoms with van der Waals surface area (Å²) in [5.74, 6) is 1.25. The predicted molar refractivity (Wildman–Crippen MR) is 83.8 cm³/mol. The van der Waals surface area contributed by atoms with Crippen LogP contribution in [0.5, 0.6) is 0 Å². The highest BCUT2D eigenvalue weighted by Gasteiger charge is 2.09. The molecule has 19 heavy (non-hydrogen) atoms. The van der Waals surface area contributed by atoms with Gasteiger partial charge in [-0.3, -0.25) is 0 Å². The minimum absolute atomic E-state index is 0.554. The number of anilines is 1. The molecule has 2 heterocycles. The molecule has 0 saturated carbocycles. The van der Waals surface area contributed by atoms with Crippen molar-refractivity contribution in [1.82, 2.24) is 9.97 Å². The highest BCUT2D eigenvalue weighted by molar-refractivity contribution is 7.98. The fraction of sp³-hybridized carbons (Fsp3) is 0.143. The average Bonchev–Trinajstić information content (AvgIpc) is 2.80. The molecule has 0 aliphatic rings. The number of benzene rings is 1. The summed E-state index contributed by atoms with van der Waals surface area (Å²) in [7, 11) is 0. The quantitative estimate of drug-likeness (QED) is 0.725. The number of hydrogen-bond donors (Lipinski definition) is 1. The van der Waals surface area contributed by atoms with Crippen molar-refractivity contribution in [1.29, 1.82) is 0 Å². The van der Waals surface area contributed by atoms with E-state index in [4.69, 9.17) is 5.73 Å². The summed E-state index contributed by atoms with van der Waals surface area (Å²) in [6, 6.07) is 10.3. The lowest BCUT2D eigenvalue weighted by Gasteiger charge is -2.03. The summed E-state index contributed by atoms with van der Waals surface area (Å²) in [5, 5.41) is 0.951. The molecule has 0 atom stereocenters. The Bertz CT molecular complexity index is 732. The van der Waals surface area contributed by atoms with Gasteiger partial charge in [0.2, 0.25) is 0 Å². The zero-order valence-electron chi connectivity index (χ0n) is 10.7. The van der Waals surface area contributed by atoms with Crippen LogP contribution in [-0.4, -0.2) is 16.2 Å². The van der Waals surface area contributed by atoms with Crippen LogP contribution >= 0.6 is 23.1 Å². The van der Waals surface area contributed by atoms with Crippen LogP contribution in [0, 0.1) is 6.92 Å². The number of fused-ring (bicyclic) bond motifs is 1. The summed E-state index contributed by atoms with van der Waals surface area (Å²) < 4.78 is 0. The molecule has 1 aromatic carbocycles. The van der Waals surface area contributed by atoms with E-state index in [1.807, 2.05) is 18.2 Å². The molecule has 0 spiro atoms. The second-order valence-electron chi connectivity index (χ2n) is 4.24. The smallest absolute Gasteiger partial charge is 0.163 e. The third-order valence-electron chi connectivity index (χ3n) is 2.89. The molecule has 0 unspecified atom stereocenters. The lowest BCUT2D eigenvalue weighted by atomic mass is 10.2. The summed E-state index contributed by atoms with van der Waals surface area (Å²) in [4.78, 5) is 12.4. The first kappa shape index (κ1) is 12.4. The summed E-state index contributed by atoms with van der Waals surface area (Å²) in [6.07, 6.45) is 2.06. The van der Waals surface area contributed by atoms with Crippen molar-refractivity contribution >= 4 is 39.1 Å². The number of aryl methyl sites for hydroxylation is 1. The number of nitrogens with two attached hydrogens (primary N) is 1. The third kappa shape index (κ3) is 2.31. The Labute approximate surface area is 119 Å². The number of nitrogens with zero attached hydrogens (tertiary/aromatic N) is 2. The van der Waals surface area contributed by atoms with Crippen LogP contribution in [0.25, 0.3) is 21.6 Å². The number of rotatable bonds is 2. The van der Waals surface area contributed by atoms with Gasteiger partial charge in [-0.25, -0.2) is 9.97 Å². The van der Waals surface area contributed by atoms with E-state index in [1.165, 1.54) is 9.77 Å². The molecule has 2 aromatic heterocycles. The first-order valence-corrected chi connectivity index (χ1v) is 7.89. The van der Waals surface area contributed by atoms with E-state index >= 15 is 0 Å². The van der Waals surface area contributed by atoms with E-state index in [0.717, 1.165) is 15.8 Å². The molecule has 0 fully saturated rings. The van der Waals surface area contributed by atoms with E-state index in [1.54, 1.807) is 23.1 Å². The number of aromatic nitrogens is 2. The van der Waals surface area contributed by atoms with E-state index < -0.39 is 0 Å². The highest BCUT2D eigenvalue weighted by Crippen LogP contribution is 2.29. The van der Waals surface area contributed by atoms with Crippen LogP contribution in [0.4, 0.5) is 5.82 Å². The van der Waals surface area contributed by atoms with Gasteiger partial charge in [0.15, 0.2) is 5.82 Å². The Morgan fingerprint density at radius 2 is 1.89 bits per heavy atom. The number of thioether (sulfide) groups is 1. The summed E-state index contributed by atoms with van der Waals surface area (Å²) in [5.41, 5.74) is 7.01. The number of thiophene rings is 1. The van der Waals surface area contributed by atoms with E-state index in [9.17, 15) is 0 Å². The molecule has 0 bridgehead atoms. The topological polar surface area (TPSA) is 51.8 Å². The Kier molecular flexibility index (Phi) is 3.16. The van der Waals surface area contributed by atoms with Crippen LogP contribution in [0.2, 0.25) is 0 Å². The molecular formula is C14H13N3S2. The van der Waals surface area contributed by atoms with Crippen molar-refractivity contribution in [3.63, 3.8) is 0 Å². The molecule has 0 aliphatic carbocycles. The average molecular weight is 287 g/mol. The Morgan fingerprint density at radius 3 is 2.58 bits per heavy atom. The van der Waals surface area contributed by atoms with Crippen molar-refractivity contribution < 1.29 is 0 Å². The molecule has 96 valence electrons. The molecular weight excluding hydrogens is 274 g/mol. The van der Waals surface area contributed by atoms with Gasteiger partial charge < -0.3 is 5.73 Å². The van der Waals surface area contributed by atoms with Gasteiger partial charge in [0.05, 0.1) is 5.39 Å². The minimum atomic E-state index is 0.554. The van der Waals surface area contributed by atoms with Crippen molar-refractivity contribution in [2.45, 2.75) is 11.8 Å². The Hall–Kier alpha value is -1.59. The molecule has 2 N–H and O–H groups in total. The highest BCUT2D eigenvalue weighted by atomic mass is 32.2. The third-order valence-corrected chi connectivity index (χ3v) is 4.58. The fourth-order valence-corrected chi connectivity index (χ4v) is 3.23. The van der Waals surface area contributed by atoms with Gasteiger partial charge in [-0.05, 0) is 31.4 Å². The maximum absolute atomic E-state index is 6.02.